The van der Waals surface area contributed by atoms with Crippen molar-refractivity contribution in [2.45, 2.75) is 31.3 Å². The molecule has 33 heavy (non-hydrogen) atoms. The van der Waals surface area contributed by atoms with Crippen LogP contribution in [-0.4, -0.2) is 26.4 Å². The zero-order valence-electron chi connectivity index (χ0n) is 17.9. The van der Waals surface area contributed by atoms with Crippen LogP contribution < -0.4 is 20.7 Å². The number of furan rings is 1. The predicted octanol–water partition coefficient (Wildman–Crippen LogP) is 3.68. The van der Waals surface area contributed by atoms with Gasteiger partial charge in [0.15, 0.2) is 0 Å². The summed E-state index contributed by atoms with van der Waals surface area (Å²) in [6, 6.07) is 11.8. The first-order valence-corrected chi connectivity index (χ1v) is 11.4. The van der Waals surface area contributed by atoms with E-state index in [0.717, 1.165) is 18.2 Å². The summed E-state index contributed by atoms with van der Waals surface area (Å²) in [4.78, 5) is 24.3. The molecule has 3 aromatic rings. The second kappa shape index (κ2) is 10.3. The van der Waals surface area contributed by atoms with Crippen molar-refractivity contribution < 1.29 is 26.8 Å². The maximum atomic E-state index is 14.2. The zero-order chi connectivity index (χ0) is 24.0. The van der Waals surface area contributed by atoms with E-state index in [1.165, 1.54) is 18.4 Å². The molecule has 0 saturated heterocycles. The lowest BCUT2D eigenvalue weighted by molar-refractivity contribution is 0.102. The fourth-order valence-corrected chi connectivity index (χ4v) is 4.09. The highest BCUT2D eigenvalue weighted by atomic mass is 32.2. The average Bonchev–Trinajstić information content (AvgIpc) is 3.26. The molecule has 0 aliphatic carbocycles. The second-order valence-corrected chi connectivity index (χ2v) is 9.05. The normalized spacial score (nSPS) is 11.3. The molecule has 0 aliphatic heterocycles. The van der Waals surface area contributed by atoms with Gasteiger partial charge in [-0.2, -0.15) is 0 Å². The summed E-state index contributed by atoms with van der Waals surface area (Å²) in [6.45, 7) is 3.52. The molecular formula is C22H23FN4O5S. The van der Waals surface area contributed by atoms with E-state index in [9.17, 15) is 22.4 Å². The van der Waals surface area contributed by atoms with E-state index >= 15 is 0 Å². The number of nitrogens with one attached hydrogen (secondary N) is 4. The number of rotatable bonds is 8. The van der Waals surface area contributed by atoms with Crippen molar-refractivity contribution in [2.75, 3.05) is 10.6 Å². The molecule has 4 N–H and O–H groups in total. The Hall–Kier alpha value is -3.70. The Bertz CT molecular complexity index is 1230. The second-order valence-electron chi connectivity index (χ2n) is 7.34. The third kappa shape index (κ3) is 6.64. The van der Waals surface area contributed by atoms with Crippen LogP contribution in [0, 0.1) is 5.82 Å². The molecular weight excluding hydrogens is 451 g/mol. The number of benzene rings is 2. The number of amides is 3. The van der Waals surface area contributed by atoms with Gasteiger partial charge in [0, 0.05) is 17.4 Å². The van der Waals surface area contributed by atoms with Crippen LogP contribution in [-0.2, 0) is 16.6 Å². The summed E-state index contributed by atoms with van der Waals surface area (Å²) < 4.78 is 46.4. The zero-order valence-corrected chi connectivity index (χ0v) is 18.7. The topological polar surface area (TPSA) is 130 Å². The fraction of sp³-hybridized carbons (Fsp3) is 0.182. The summed E-state index contributed by atoms with van der Waals surface area (Å²) in [5, 5.41) is 7.76. The summed E-state index contributed by atoms with van der Waals surface area (Å²) in [7, 11) is -3.89. The van der Waals surface area contributed by atoms with Crippen LogP contribution in [0.25, 0.3) is 0 Å². The minimum Gasteiger partial charge on any atom is -0.467 e. The monoisotopic (exact) mass is 474 g/mol. The largest absolute Gasteiger partial charge is 0.467 e. The van der Waals surface area contributed by atoms with Crippen molar-refractivity contribution >= 4 is 33.3 Å². The molecule has 1 heterocycles. The molecule has 0 unspecified atom stereocenters. The van der Waals surface area contributed by atoms with Gasteiger partial charge in [0.2, 0.25) is 10.0 Å². The van der Waals surface area contributed by atoms with Crippen molar-refractivity contribution in [3.63, 3.8) is 0 Å². The van der Waals surface area contributed by atoms with E-state index in [4.69, 9.17) is 4.42 Å². The molecule has 1 aromatic heterocycles. The number of anilines is 2. The highest BCUT2D eigenvalue weighted by Gasteiger charge is 2.20. The van der Waals surface area contributed by atoms with Crippen molar-refractivity contribution in [2.24, 2.45) is 0 Å². The number of sulfonamides is 1. The summed E-state index contributed by atoms with van der Waals surface area (Å²) in [5.41, 5.74) is 0.375. The van der Waals surface area contributed by atoms with Gasteiger partial charge in [0.1, 0.15) is 11.6 Å². The third-order valence-corrected chi connectivity index (χ3v) is 5.94. The number of hydrogen-bond acceptors (Lipinski definition) is 5. The van der Waals surface area contributed by atoms with E-state index in [2.05, 4.69) is 20.7 Å². The SMILES string of the molecule is CC(C)NS(=O)(=O)c1ccc(F)c(C(=O)Nc2ccc(NC(=O)NCc3ccco3)cc2)c1. The third-order valence-electron chi connectivity index (χ3n) is 4.29. The van der Waals surface area contributed by atoms with E-state index < -0.39 is 33.3 Å². The van der Waals surface area contributed by atoms with Gasteiger partial charge in [-0.05, 0) is 68.4 Å². The summed E-state index contributed by atoms with van der Waals surface area (Å²) in [6.07, 6.45) is 1.51. The van der Waals surface area contributed by atoms with Gasteiger partial charge >= 0.3 is 6.03 Å². The van der Waals surface area contributed by atoms with Gasteiger partial charge in [-0.15, -0.1) is 0 Å². The molecule has 0 radical (unpaired) electrons. The summed E-state index contributed by atoms with van der Waals surface area (Å²) >= 11 is 0. The molecule has 2 aromatic carbocycles. The van der Waals surface area contributed by atoms with Crippen LogP contribution in [0.5, 0.6) is 0 Å². The van der Waals surface area contributed by atoms with Crippen LogP contribution in [0.2, 0.25) is 0 Å². The molecule has 11 heteroatoms. The van der Waals surface area contributed by atoms with Crippen LogP contribution in [0.15, 0.2) is 70.2 Å². The molecule has 174 valence electrons. The molecule has 3 amide bonds. The first-order chi connectivity index (χ1) is 15.6. The minimum atomic E-state index is -3.89. The Kier molecular flexibility index (Phi) is 7.46. The van der Waals surface area contributed by atoms with Crippen molar-refractivity contribution in [1.82, 2.24) is 10.0 Å². The first-order valence-electron chi connectivity index (χ1n) is 9.94. The Morgan fingerprint density at radius 1 is 1.00 bits per heavy atom. The van der Waals surface area contributed by atoms with Gasteiger partial charge in [-0.25, -0.2) is 22.3 Å². The molecule has 0 aliphatic rings. The predicted molar refractivity (Wildman–Crippen MR) is 121 cm³/mol. The van der Waals surface area contributed by atoms with Crippen molar-refractivity contribution in [3.05, 3.63) is 78.0 Å². The van der Waals surface area contributed by atoms with Gasteiger partial charge in [0.05, 0.1) is 23.3 Å². The van der Waals surface area contributed by atoms with E-state index in [0.29, 0.717) is 17.1 Å². The fourth-order valence-electron chi connectivity index (χ4n) is 2.82. The van der Waals surface area contributed by atoms with Gasteiger partial charge in [-0.3, -0.25) is 4.79 Å². The lowest BCUT2D eigenvalue weighted by Gasteiger charge is -2.12. The molecule has 0 spiro atoms. The quantitative estimate of drug-likeness (QED) is 0.396. The lowest BCUT2D eigenvalue weighted by Crippen LogP contribution is -2.30. The Morgan fingerprint density at radius 3 is 2.27 bits per heavy atom. The maximum Gasteiger partial charge on any atom is 0.319 e. The lowest BCUT2D eigenvalue weighted by atomic mass is 10.2. The van der Waals surface area contributed by atoms with Crippen LogP contribution in [0.4, 0.5) is 20.6 Å². The number of hydrogen-bond donors (Lipinski definition) is 4. The standard InChI is InChI=1S/C22H23FN4O5S/c1-14(2)27-33(30,31)18-9-10-20(23)19(12-18)21(28)25-15-5-7-16(8-6-15)26-22(29)24-13-17-4-3-11-32-17/h3-12,14,27H,13H2,1-2H3,(H,25,28)(H2,24,26,29). The number of carbonyl (C=O) groups excluding carboxylic acids is 2. The summed E-state index contributed by atoms with van der Waals surface area (Å²) in [5.74, 6) is -1.07. The molecule has 0 bridgehead atoms. The highest BCUT2D eigenvalue weighted by Crippen LogP contribution is 2.19. The van der Waals surface area contributed by atoms with Crippen LogP contribution >= 0.6 is 0 Å². The number of halogens is 1. The minimum absolute atomic E-state index is 0.220. The van der Waals surface area contributed by atoms with Gasteiger partial charge < -0.3 is 20.4 Å². The smallest absolute Gasteiger partial charge is 0.319 e. The molecule has 9 nitrogen and oxygen atoms in total. The number of urea groups is 1. The highest BCUT2D eigenvalue weighted by molar-refractivity contribution is 7.89. The van der Waals surface area contributed by atoms with Crippen molar-refractivity contribution in [1.29, 1.82) is 0 Å². The maximum absolute atomic E-state index is 14.2. The molecule has 3 rings (SSSR count). The Morgan fingerprint density at radius 2 is 1.67 bits per heavy atom. The van der Waals surface area contributed by atoms with Gasteiger partial charge in [0.25, 0.3) is 5.91 Å². The Balaban J connectivity index is 1.63. The number of carbonyl (C=O) groups is 2. The van der Waals surface area contributed by atoms with E-state index in [-0.39, 0.29) is 17.5 Å². The van der Waals surface area contributed by atoms with Gasteiger partial charge in [-0.1, -0.05) is 0 Å². The molecule has 0 atom stereocenters. The average molecular weight is 475 g/mol. The van der Waals surface area contributed by atoms with Crippen LogP contribution in [0.3, 0.4) is 0 Å². The van der Waals surface area contributed by atoms with E-state index in [1.807, 2.05) is 0 Å². The van der Waals surface area contributed by atoms with E-state index in [1.54, 1.807) is 38.1 Å². The first kappa shape index (κ1) is 24.0. The van der Waals surface area contributed by atoms with Crippen molar-refractivity contribution in [3.8, 4) is 0 Å². The Labute approximate surface area is 190 Å². The molecule has 0 fully saturated rings. The molecule has 0 saturated carbocycles. The van der Waals surface area contributed by atoms with Crippen LogP contribution in [0.1, 0.15) is 30.0 Å².